The Morgan fingerprint density at radius 2 is 2.07 bits per heavy atom. The molecule has 2 N–H and O–H groups in total. The Morgan fingerprint density at radius 1 is 1.33 bits per heavy atom. The highest BCUT2D eigenvalue weighted by atomic mass is 32.2. The largest absolute Gasteiger partial charge is 0.464 e. The third kappa shape index (κ3) is 6.07. The Kier molecular flexibility index (Phi) is 6.97. The van der Waals surface area contributed by atoms with Crippen molar-refractivity contribution in [2.24, 2.45) is 0 Å². The van der Waals surface area contributed by atoms with Gasteiger partial charge in [-0.3, -0.25) is 15.0 Å². The molecule has 2 amide bonds. The van der Waals surface area contributed by atoms with E-state index in [0.717, 1.165) is 12.7 Å². The van der Waals surface area contributed by atoms with E-state index in [1.807, 2.05) is 4.83 Å². The van der Waals surface area contributed by atoms with Crippen LogP contribution in [0.3, 0.4) is 0 Å². The molecule has 1 fully saturated rings. The quantitative estimate of drug-likeness (QED) is 0.424. The van der Waals surface area contributed by atoms with E-state index in [0.29, 0.717) is 25.0 Å². The van der Waals surface area contributed by atoms with E-state index in [1.165, 1.54) is 16.0 Å². The molecule has 0 aliphatic carbocycles. The Labute approximate surface area is 158 Å². The minimum atomic E-state index is -3.57. The molecule has 2 heterocycles. The number of carbonyl (C=O) groups excluding carboxylic acids is 3. The highest BCUT2D eigenvalue weighted by Crippen LogP contribution is 2.20. The number of ether oxygens (including phenoxy) is 1. The molecule has 150 valence electrons. The van der Waals surface area contributed by atoms with Gasteiger partial charge in [-0.25, -0.2) is 13.2 Å². The third-order valence-corrected chi connectivity index (χ3v) is 4.52. The van der Waals surface area contributed by atoms with Crippen molar-refractivity contribution in [3.05, 3.63) is 24.0 Å². The highest BCUT2D eigenvalue weighted by Gasteiger charge is 2.35. The molecule has 0 spiro atoms. The first-order valence-electron chi connectivity index (χ1n) is 8.57. The van der Waals surface area contributed by atoms with Gasteiger partial charge in [0.2, 0.25) is 15.9 Å². The van der Waals surface area contributed by atoms with Gasteiger partial charge in [-0.05, 0) is 26.2 Å². The number of rotatable bonds is 7. The smallest absolute Gasteiger partial charge is 0.328 e. The van der Waals surface area contributed by atoms with Gasteiger partial charge in [0.1, 0.15) is 12.6 Å². The van der Waals surface area contributed by atoms with Crippen molar-refractivity contribution in [1.29, 1.82) is 0 Å². The van der Waals surface area contributed by atoms with Crippen LogP contribution in [0.25, 0.3) is 0 Å². The maximum absolute atomic E-state index is 12.6. The first-order valence-corrected chi connectivity index (χ1v) is 10.5. The predicted molar refractivity (Wildman–Crippen MR) is 96.0 cm³/mol. The number of hydrogen-bond acceptors (Lipinski definition) is 7. The van der Waals surface area contributed by atoms with Crippen molar-refractivity contribution in [1.82, 2.24) is 20.1 Å². The van der Waals surface area contributed by atoms with Gasteiger partial charge in [0.05, 0.1) is 12.9 Å². The van der Waals surface area contributed by atoms with E-state index < -0.39 is 27.9 Å². The third-order valence-electron chi connectivity index (χ3n) is 4.05. The molecule has 0 bridgehead atoms. The number of nitrogens with zero attached hydrogens (tertiary/aromatic N) is 2. The van der Waals surface area contributed by atoms with E-state index >= 15 is 0 Å². The molecular weight excluding hydrogens is 376 g/mol. The Morgan fingerprint density at radius 3 is 2.74 bits per heavy atom. The zero-order chi connectivity index (χ0) is 20.0. The monoisotopic (exact) mass is 400 g/mol. The average Bonchev–Trinajstić information content (AvgIpc) is 3.09. The summed E-state index contributed by atoms with van der Waals surface area (Å²) in [5.74, 6) is -1.25. The SMILES string of the molecule is CCOC(=O)[C@@H]1CCCN1C(=O)CN1C=CCC(C(=O)NNS(C)(=O)=O)=C1. The number of hydrazine groups is 1. The fourth-order valence-corrected chi connectivity index (χ4v) is 3.15. The molecule has 0 radical (unpaired) electrons. The van der Waals surface area contributed by atoms with Gasteiger partial charge in [0, 0.05) is 24.5 Å². The number of sulfonamides is 1. The van der Waals surface area contributed by atoms with Crippen molar-refractivity contribution < 1.29 is 27.5 Å². The summed E-state index contributed by atoms with van der Waals surface area (Å²) in [6.45, 7) is 2.42. The molecule has 1 atom stereocenters. The van der Waals surface area contributed by atoms with Gasteiger partial charge in [0.25, 0.3) is 5.91 Å². The van der Waals surface area contributed by atoms with E-state index in [9.17, 15) is 22.8 Å². The van der Waals surface area contributed by atoms with Crippen LogP contribution in [0.2, 0.25) is 0 Å². The molecule has 2 aliphatic heterocycles. The zero-order valence-electron chi connectivity index (χ0n) is 15.3. The van der Waals surface area contributed by atoms with Gasteiger partial charge in [0.15, 0.2) is 0 Å². The van der Waals surface area contributed by atoms with Gasteiger partial charge in [-0.2, -0.15) is 0 Å². The van der Waals surface area contributed by atoms with E-state index in [2.05, 4.69) is 5.43 Å². The molecule has 27 heavy (non-hydrogen) atoms. The van der Waals surface area contributed by atoms with E-state index in [-0.39, 0.29) is 19.1 Å². The van der Waals surface area contributed by atoms with Crippen LogP contribution in [0.4, 0.5) is 0 Å². The molecule has 10 nitrogen and oxygen atoms in total. The maximum Gasteiger partial charge on any atom is 0.328 e. The molecule has 0 aromatic rings. The number of carbonyl (C=O) groups is 3. The summed E-state index contributed by atoms with van der Waals surface area (Å²) in [6, 6.07) is -0.572. The number of nitrogens with one attached hydrogen (secondary N) is 2. The summed E-state index contributed by atoms with van der Waals surface area (Å²) in [7, 11) is -3.57. The predicted octanol–water partition coefficient (Wildman–Crippen LogP) is -0.776. The first-order chi connectivity index (χ1) is 12.7. The van der Waals surface area contributed by atoms with Crippen LogP contribution in [0.15, 0.2) is 24.0 Å². The summed E-state index contributed by atoms with van der Waals surface area (Å²) in [5, 5.41) is 0. The summed E-state index contributed by atoms with van der Waals surface area (Å²) in [5.41, 5.74) is 2.39. The van der Waals surface area contributed by atoms with Crippen molar-refractivity contribution in [2.75, 3.05) is 26.0 Å². The second-order valence-corrected chi connectivity index (χ2v) is 7.99. The fourth-order valence-electron chi connectivity index (χ4n) is 2.88. The van der Waals surface area contributed by atoms with Crippen molar-refractivity contribution in [3.8, 4) is 0 Å². The molecule has 1 saturated heterocycles. The minimum absolute atomic E-state index is 0.0390. The minimum Gasteiger partial charge on any atom is -0.464 e. The van der Waals surface area contributed by atoms with Crippen LogP contribution >= 0.6 is 0 Å². The molecule has 0 aromatic carbocycles. The van der Waals surface area contributed by atoms with Crippen molar-refractivity contribution in [3.63, 3.8) is 0 Å². The lowest BCUT2D eigenvalue weighted by molar-refractivity contribution is -0.153. The molecule has 2 rings (SSSR count). The summed E-state index contributed by atoms with van der Waals surface area (Å²) in [4.78, 5) is 41.5. The highest BCUT2D eigenvalue weighted by molar-refractivity contribution is 7.88. The molecule has 0 aromatic heterocycles. The summed E-state index contributed by atoms with van der Waals surface area (Å²) in [6.07, 6.45) is 7.35. The lowest BCUT2D eigenvalue weighted by Crippen LogP contribution is -2.45. The first kappa shape index (κ1) is 20.9. The van der Waals surface area contributed by atoms with Gasteiger partial charge < -0.3 is 14.5 Å². The average molecular weight is 400 g/mol. The van der Waals surface area contributed by atoms with Crippen molar-refractivity contribution >= 4 is 27.8 Å². The van der Waals surface area contributed by atoms with Gasteiger partial charge in [-0.15, -0.1) is 4.83 Å². The Hall–Kier alpha value is -2.40. The molecule has 11 heteroatoms. The number of allylic oxidation sites excluding steroid dienone is 1. The van der Waals surface area contributed by atoms with E-state index in [4.69, 9.17) is 4.74 Å². The molecule has 2 aliphatic rings. The second-order valence-electron chi connectivity index (χ2n) is 6.24. The normalized spacial score (nSPS) is 19.6. The van der Waals surface area contributed by atoms with Crippen LogP contribution in [0.5, 0.6) is 0 Å². The second kappa shape index (κ2) is 9.00. The molecular formula is C16H24N4O6S. The molecule has 0 unspecified atom stereocenters. The van der Waals surface area contributed by atoms with E-state index in [1.54, 1.807) is 19.2 Å². The summed E-state index contributed by atoms with van der Waals surface area (Å²) >= 11 is 0. The van der Waals surface area contributed by atoms with Crippen LogP contribution in [-0.4, -0.2) is 68.0 Å². The number of likely N-dealkylation sites (tertiary alicyclic amines) is 1. The standard InChI is InChI=1S/C16H24N4O6S/c1-3-26-16(23)13-7-5-9-20(13)14(21)11-19-8-4-6-12(10-19)15(22)17-18-27(2,24)25/h4,8,10,13,18H,3,5-7,9,11H2,1-2H3,(H,17,22)/t13-/m0/s1. The molecule has 0 saturated carbocycles. The zero-order valence-corrected chi connectivity index (χ0v) is 16.1. The number of esters is 1. The number of hydrogen-bond donors (Lipinski definition) is 2. The van der Waals surface area contributed by atoms with Crippen LogP contribution in [0, 0.1) is 0 Å². The Bertz CT molecular complexity index is 761. The van der Waals surface area contributed by atoms with Crippen LogP contribution in [0.1, 0.15) is 26.2 Å². The van der Waals surface area contributed by atoms with Crippen LogP contribution in [-0.2, 0) is 29.1 Å². The fraction of sp³-hybridized carbons (Fsp3) is 0.562. The van der Waals surface area contributed by atoms with Crippen molar-refractivity contribution in [2.45, 2.75) is 32.2 Å². The van der Waals surface area contributed by atoms with Gasteiger partial charge >= 0.3 is 5.97 Å². The lowest BCUT2D eigenvalue weighted by Gasteiger charge is -2.27. The maximum atomic E-state index is 12.6. The van der Waals surface area contributed by atoms with Crippen LogP contribution < -0.4 is 10.3 Å². The Balaban J connectivity index is 1.97. The number of amides is 2. The topological polar surface area (TPSA) is 125 Å². The summed E-state index contributed by atoms with van der Waals surface area (Å²) < 4.78 is 27.1. The van der Waals surface area contributed by atoms with Gasteiger partial charge in [-0.1, -0.05) is 6.08 Å². The lowest BCUT2D eigenvalue weighted by atomic mass is 10.1.